The monoisotopic (exact) mass is 360 g/mol. The van der Waals surface area contributed by atoms with E-state index in [1.165, 1.54) is 18.4 Å². The molecule has 1 fully saturated rings. The lowest BCUT2D eigenvalue weighted by atomic mass is 10.1. The van der Waals surface area contributed by atoms with E-state index >= 15 is 0 Å². The highest BCUT2D eigenvalue weighted by Crippen LogP contribution is 2.27. The summed E-state index contributed by atoms with van der Waals surface area (Å²) in [5.41, 5.74) is 1.28. The maximum atomic E-state index is 12.2. The zero-order valence-electron chi connectivity index (χ0n) is 14.4. The molecule has 1 N–H and O–H groups in total. The predicted molar refractivity (Wildman–Crippen MR) is 99.4 cm³/mol. The number of carbonyl (C=O) groups is 1. The van der Waals surface area contributed by atoms with Crippen molar-refractivity contribution in [2.24, 2.45) is 0 Å². The van der Waals surface area contributed by atoms with Crippen LogP contribution in [0.3, 0.4) is 0 Å². The molecule has 0 spiro atoms. The number of likely N-dealkylation sites (tertiary alicyclic amines) is 1. The molecule has 1 amide bonds. The molecule has 134 valence electrons. The molecule has 0 bridgehead atoms. The molecule has 6 heteroatoms. The van der Waals surface area contributed by atoms with Crippen molar-refractivity contribution < 1.29 is 14.3 Å². The van der Waals surface area contributed by atoms with Crippen LogP contribution in [0.5, 0.6) is 11.5 Å². The lowest BCUT2D eigenvalue weighted by molar-refractivity contribution is -0.123. The van der Waals surface area contributed by atoms with E-state index in [0.29, 0.717) is 18.0 Å². The smallest absolute Gasteiger partial charge is 0.258 e. The Kier molecular flexibility index (Phi) is 6.30. The molecule has 5 nitrogen and oxygen atoms in total. The van der Waals surface area contributed by atoms with Gasteiger partial charge >= 0.3 is 0 Å². The Balaban J connectivity index is 1.53. The predicted octanol–water partition coefficient (Wildman–Crippen LogP) is 3.09. The number of thiophene rings is 1. The van der Waals surface area contributed by atoms with Gasteiger partial charge < -0.3 is 14.8 Å². The molecular formula is C19H24N2O3S. The fraction of sp³-hybridized carbons (Fsp3) is 0.421. The van der Waals surface area contributed by atoms with Gasteiger partial charge in [-0.15, -0.1) is 0 Å². The van der Waals surface area contributed by atoms with Crippen LogP contribution in [-0.2, 0) is 4.79 Å². The third-order valence-electron chi connectivity index (χ3n) is 4.43. The van der Waals surface area contributed by atoms with E-state index in [9.17, 15) is 4.79 Å². The summed E-state index contributed by atoms with van der Waals surface area (Å²) in [7, 11) is 1.59. The second-order valence-electron chi connectivity index (χ2n) is 6.06. The molecule has 2 aromatic rings. The van der Waals surface area contributed by atoms with E-state index in [-0.39, 0.29) is 18.6 Å². The van der Waals surface area contributed by atoms with E-state index < -0.39 is 0 Å². The lowest BCUT2D eigenvalue weighted by Gasteiger charge is -2.27. The second kappa shape index (κ2) is 8.87. The van der Waals surface area contributed by atoms with Gasteiger partial charge in [-0.05, 0) is 60.5 Å². The van der Waals surface area contributed by atoms with Gasteiger partial charge in [-0.1, -0.05) is 12.1 Å². The van der Waals surface area contributed by atoms with Crippen LogP contribution in [0.25, 0.3) is 0 Å². The average molecular weight is 360 g/mol. The van der Waals surface area contributed by atoms with Gasteiger partial charge in [0.25, 0.3) is 5.91 Å². The van der Waals surface area contributed by atoms with Gasteiger partial charge in [-0.25, -0.2) is 0 Å². The fourth-order valence-corrected chi connectivity index (χ4v) is 3.83. The molecule has 2 heterocycles. The molecule has 0 radical (unpaired) electrons. The van der Waals surface area contributed by atoms with Gasteiger partial charge in [-0.3, -0.25) is 9.69 Å². The Morgan fingerprint density at radius 2 is 2.00 bits per heavy atom. The molecule has 0 unspecified atom stereocenters. The summed E-state index contributed by atoms with van der Waals surface area (Å²) in [6, 6.07) is 9.72. The van der Waals surface area contributed by atoms with Gasteiger partial charge in [0, 0.05) is 6.54 Å². The molecule has 3 rings (SSSR count). The van der Waals surface area contributed by atoms with Crippen molar-refractivity contribution >= 4 is 17.2 Å². The second-order valence-corrected chi connectivity index (χ2v) is 6.84. The maximum absolute atomic E-state index is 12.2. The topological polar surface area (TPSA) is 50.8 Å². The molecule has 1 atom stereocenters. The molecule has 0 saturated carbocycles. The molecule has 1 aliphatic heterocycles. The third-order valence-corrected chi connectivity index (χ3v) is 5.13. The minimum Gasteiger partial charge on any atom is -0.493 e. The van der Waals surface area contributed by atoms with Crippen LogP contribution in [0.1, 0.15) is 24.4 Å². The van der Waals surface area contributed by atoms with Crippen LogP contribution < -0.4 is 14.8 Å². The van der Waals surface area contributed by atoms with Gasteiger partial charge in [0.1, 0.15) is 0 Å². The first-order valence-corrected chi connectivity index (χ1v) is 9.51. The number of hydrogen-bond acceptors (Lipinski definition) is 5. The molecule has 1 aromatic heterocycles. The van der Waals surface area contributed by atoms with E-state index in [1.807, 2.05) is 18.2 Å². The SMILES string of the molecule is COc1ccccc1OCC(=O)NC[C@@H](c1ccsc1)N1CCCC1. The first-order chi connectivity index (χ1) is 12.3. The number of methoxy groups -OCH3 is 1. The van der Waals surface area contributed by atoms with Crippen LogP contribution >= 0.6 is 11.3 Å². The van der Waals surface area contributed by atoms with Crippen LogP contribution in [0.15, 0.2) is 41.1 Å². The number of carbonyl (C=O) groups excluding carboxylic acids is 1. The minimum atomic E-state index is -0.120. The summed E-state index contributed by atoms with van der Waals surface area (Å²) < 4.78 is 10.8. The average Bonchev–Trinajstić information content (AvgIpc) is 3.35. The number of nitrogens with zero attached hydrogens (tertiary/aromatic N) is 1. The van der Waals surface area contributed by atoms with Crippen molar-refractivity contribution in [3.63, 3.8) is 0 Å². The van der Waals surface area contributed by atoms with Crippen LogP contribution in [-0.4, -0.2) is 44.2 Å². The van der Waals surface area contributed by atoms with Crippen LogP contribution in [0.2, 0.25) is 0 Å². The number of para-hydroxylation sites is 2. The van der Waals surface area contributed by atoms with Crippen molar-refractivity contribution in [1.29, 1.82) is 0 Å². The highest BCUT2D eigenvalue weighted by atomic mass is 32.1. The number of amides is 1. The molecule has 0 aliphatic carbocycles. The zero-order chi connectivity index (χ0) is 17.5. The molecule has 25 heavy (non-hydrogen) atoms. The molecule has 1 aliphatic rings. The first kappa shape index (κ1) is 17.8. The quantitative estimate of drug-likeness (QED) is 0.786. The van der Waals surface area contributed by atoms with Crippen molar-refractivity contribution in [2.45, 2.75) is 18.9 Å². The van der Waals surface area contributed by atoms with E-state index in [2.05, 4.69) is 27.0 Å². The summed E-state index contributed by atoms with van der Waals surface area (Å²) >= 11 is 1.69. The molecule has 1 saturated heterocycles. The zero-order valence-corrected chi connectivity index (χ0v) is 15.3. The number of hydrogen-bond donors (Lipinski definition) is 1. The first-order valence-electron chi connectivity index (χ1n) is 8.56. The largest absolute Gasteiger partial charge is 0.493 e. The third kappa shape index (κ3) is 4.74. The highest BCUT2D eigenvalue weighted by molar-refractivity contribution is 7.07. The van der Waals surface area contributed by atoms with Gasteiger partial charge in [-0.2, -0.15) is 11.3 Å². The summed E-state index contributed by atoms with van der Waals surface area (Å²) in [6.45, 7) is 2.77. The normalized spacial score (nSPS) is 15.7. The van der Waals surface area contributed by atoms with E-state index in [0.717, 1.165) is 13.1 Å². The lowest BCUT2D eigenvalue weighted by Crippen LogP contribution is -2.38. The number of nitrogens with one attached hydrogen (secondary N) is 1. The Morgan fingerprint density at radius 1 is 1.24 bits per heavy atom. The standard InChI is InChI=1S/C19H24N2O3S/c1-23-17-6-2-3-7-18(17)24-13-19(22)20-12-16(15-8-11-25-14-15)21-9-4-5-10-21/h2-3,6-8,11,14,16H,4-5,9-10,12-13H2,1H3,(H,20,22)/t16-/m0/s1. The van der Waals surface area contributed by atoms with Crippen molar-refractivity contribution in [1.82, 2.24) is 10.2 Å². The number of rotatable bonds is 8. The Morgan fingerprint density at radius 3 is 2.68 bits per heavy atom. The minimum absolute atomic E-state index is 0.0171. The summed E-state index contributed by atoms with van der Waals surface area (Å²) in [6.07, 6.45) is 2.46. The van der Waals surface area contributed by atoms with Gasteiger partial charge in [0.05, 0.1) is 13.2 Å². The van der Waals surface area contributed by atoms with Crippen LogP contribution in [0, 0.1) is 0 Å². The van der Waals surface area contributed by atoms with Gasteiger partial charge in [0.15, 0.2) is 18.1 Å². The maximum Gasteiger partial charge on any atom is 0.258 e. The Hall–Kier alpha value is -2.05. The summed E-state index contributed by atoms with van der Waals surface area (Å²) in [4.78, 5) is 14.7. The summed E-state index contributed by atoms with van der Waals surface area (Å²) in [5.74, 6) is 1.09. The Bertz CT molecular complexity index is 669. The number of ether oxygens (including phenoxy) is 2. The molecule has 1 aromatic carbocycles. The molecular weight excluding hydrogens is 336 g/mol. The van der Waals surface area contributed by atoms with Crippen molar-refractivity contribution in [2.75, 3.05) is 33.4 Å². The highest BCUT2D eigenvalue weighted by Gasteiger charge is 2.24. The fourth-order valence-electron chi connectivity index (χ4n) is 3.12. The van der Waals surface area contributed by atoms with Crippen molar-refractivity contribution in [3.8, 4) is 11.5 Å². The van der Waals surface area contributed by atoms with Gasteiger partial charge in [0.2, 0.25) is 0 Å². The van der Waals surface area contributed by atoms with E-state index in [1.54, 1.807) is 24.5 Å². The van der Waals surface area contributed by atoms with Crippen molar-refractivity contribution in [3.05, 3.63) is 46.7 Å². The van der Waals surface area contributed by atoms with Crippen LogP contribution in [0.4, 0.5) is 0 Å². The summed E-state index contributed by atoms with van der Waals surface area (Å²) in [5, 5.41) is 7.27. The Labute approximate surface area is 152 Å². The number of benzene rings is 1. The van der Waals surface area contributed by atoms with E-state index in [4.69, 9.17) is 9.47 Å².